The summed E-state index contributed by atoms with van der Waals surface area (Å²) >= 11 is 0. The second-order valence-electron chi connectivity index (χ2n) is 5.80. The summed E-state index contributed by atoms with van der Waals surface area (Å²) in [6.07, 6.45) is -2.65. The maximum atomic E-state index is 14.1. The first kappa shape index (κ1) is 18.7. The van der Waals surface area contributed by atoms with Crippen molar-refractivity contribution in [1.29, 1.82) is 0 Å². The number of halogens is 3. The van der Waals surface area contributed by atoms with Gasteiger partial charge in [-0.2, -0.15) is 13.2 Å². The summed E-state index contributed by atoms with van der Waals surface area (Å²) in [4.78, 5) is 17.0. The molecule has 0 radical (unpaired) electrons. The molecule has 3 rings (SSSR count). The molecule has 0 saturated heterocycles. The van der Waals surface area contributed by atoms with Gasteiger partial charge in [-0.25, -0.2) is 9.79 Å². The third-order valence-corrected chi connectivity index (χ3v) is 4.10. The number of ether oxygens (including phenoxy) is 1. The number of para-hydroxylation sites is 1. The summed E-state index contributed by atoms with van der Waals surface area (Å²) in [6.45, 7) is 1.26. The van der Waals surface area contributed by atoms with E-state index < -0.39 is 17.8 Å². The van der Waals surface area contributed by atoms with Gasteiger partial charge in [-0.1, -0.05) is 48.5 Å². The predicted molar refractivity (Wildman–Crippen MR) is 97.3 cm³/mol. The van der Waals surface area contributed by atoms with E-state index in [4.69, 9.17) is 4.74 Å². The van der Waals surface area contributed by atoms with E-state index in [0.29, 0.717) is 11.1 Å². The molecule has 1 heterocycles. The van der Waals surface area contributed by atoms with E-state index in [1.165, 1.54) is 25.3 Å². The van der Waals surface area contributed by atoms with Crippen molar-refractivity contribution in [2.24, 2.45) is 4.99 Å². The zero-order valence-corrected chi connectivity index (χ0v) is 14.5. The van der Waals surface area contributed by atoms with Gasteiger partial charge in [0.05, 0.1) is 6.61 Å². The van der Waals surface area contributed by atoms with Crippen LogP contribution in [0.1, 0.15) is 12.5 Å². The highest BCUT2D eigenvalue weighted by molar-refractivity contribution is 6.13. The minimum atomic E-state index is -5.00. The number of anilines is 1. The van der Waals surface area contributed by atoms with Crippen molar-refractivity contribution in [3.63, 3.8) is 0 Å². The van der Waals surface area contributed by atoms with Crippen molar-refractivity contribution in [2.75, 3.05) is 11.5 Å². The fraction of sp³-hybridized carbons (Fsp3) is 0.200. The molecule has 1 atom stereocenters. The Morgan fingerprint density at radius 2 is 1.67 bits per heavy atom. The lowest BCUT2D eigenvalue weighted by atomic mass is 10.0. The molecule has 0 spiro atoms. The third-order valence-electron chi connectivity index (χ3n) is 4.10. The summed E-state index contributed by atoms with van der Waals surface area (Å²) in [5.74, 6) is -1.47. The third kappa shape index (κ3) is 3.32. The van der Waals surface area contributed by atoms with Crippen LogP contribution in [0.25, 0.3) is 5.57 Å². The standard InChI is InChI=1S/C20H17F3N2O2/c1-2-27-18(26)19(20(21,22)23)24-13-16(15-9-5-3-6-10-15)14-25(19)17-11-7-4-8-12-17/h3-14H,2H2,1H3/t19-/m0/s1. The fourth-order valence-corrected chi connectivity index (χ4v) is 2.83. The second kappa shape index (κ2) is 7.26. The maximum Gasteiger partial charge on any atom is 0.444 e. The molecule has 0 unspecified atom stereocenters. The SMILES string of the molecule is CCOC(=O)[C@]1(C(F)(F)F)N=CC(c2ccccc2)=CN1c1ccccc1. The molecule has 0 bridgehead atoms. The van der Waals surface area contributed by atoms with Gasteiger partial charge in [0.15, 0.2) is 0 Å². The zero-order chi connectivity index (χ0) is 19.5. The molecule has 7 heteroatoms. The number of rotatable bonds is 4. The lowest BCUT2D eigenvalue weighted by Gasteiger charge is -2.41. The average Bonchev–Trinajstić information content (AvgIpc) is 2.68. The first-order valence-electron chi connectivity index (χ1n) is 8.31. The van der Waals surface area contributed by atoms with Crippen molar-refractivity contribution < 1.29 is 22.7 Å². The Bertz CT molecular complexity index is 864. The number of benzene rings is 2. The van der Waals surface area contributed by atoms with E-state index in [-0.39, 0.29) is 12.3 Å². The van der Waals surface area contributed by atoms with Crippen LogP contribution in [-0.4, -0.2) is 30.6 Å². The highest BCUT2D eigenvalue weighted by atomic mass is 19.4. The zero-order valence-electron chi connectivity index (χ0n) is 14.5. The summed E-state index contributed by atoms with van der Waals surface area (Å²) in [7, 11) is 0. The van der Waals surface area contributed by atoms with Gasteiger partial charge >= 0.3 is 17.8 Å². The molecule has 2 aromatic rings. The van der Waals surface area contributed by atoms with Crippen LogP contribution in [0.15, 0.2) is 71.9 Å². The van der Waals surface area contributed by atoms with Crippen LogP contribution in [0, 0.1) is 0 Å². The minimum absolute atomic E-state index is 0.174. The van der Waals surface area contributed by atoms with Crippen LogP contribution in [-0.2, 0) is 9.53 Å². The number of aliphatic imine (C=N–C) groups is 1. The van der Waals surface area contributed by atoms with Crippen LogP contribution in [0.2, 0.25) is 0 Å². The number of alkyl halides is 3. The molecule has 0 fully saturated rings. The number of nitrogens with zero attached hydrogens (tertiary/aromatic N) is 2. The van der Waals surface area contributed by atoms with Gasteiger partial charge in [0.2, 0.25) is 0 Å². The summed E-state index contributed by atoms with van der Waals surface area (Å²) in [5.41, 5.74) is -1.87. The van der Waals surface area contributed by atoms with Gasteiger partial charge in [0.25, 0.3) is 0 Å². The molecule has 4 nitrogen and oxygen atoms in total. The molecule has 27 heavy (non-hydrogen) atoms. The number of hydrogen-bond donors (Lipinski definition) is 0. The minimum Gasteiger partial charge on any atom is -0.463 e. The van der Waals surface area contributed by atoms with Crippen molar-refractivity contribution in [3.05, 3.63) is 72.4 Å². The average molecular weight is 374 g/mol. The Morgan fingerprint density at radius 3 is 2.22 bits per heavy atom. The summed E-state index contributed by atoms with van der Waals surface area (Å²) < 4.78 is 47.2. The highest BCUT2D eigenvalue weighted by Crippen LogP contribution is 2.43. The number of carbonyl (C=O) groups excluding carboxylic acids is 1. The van der Waals surface area contributed by atoms with Gasteiger partial charge in [0, 0.05) is 23.7 Å². The lowest BCUT2D eigenvalue weighted by molar-refractivity contribution is -0.203. The first-order chi connectivity index (χ1) is 12.9. The van der Waals surface area contributed by atoms with Crippen LogP contribution in [0.3, 0.4) is 0 Å². The molecular formula is C20H17F3N2O2. The van der Waals surface area contributed by atoms with E-state index in [9.17, 15) is 18.0 Å². The van der Waals surface area contributed by atoms with Crippen molar-refractivity contribution in [3.8, 4) is 0 Å². The Morgan fingerprint density at radius 1 is 1.07 bits per heavy atom. The van der Waals surface area contributed by atoms with Crippen molar-refractivity contribution in [1.82, 2.24) is 0 Å². The van der Waals surface area contributed by atoms with E-state index in [1.807, 2.05) is 0 Å². The molecule has 2 aromatic carbocycles. The van der Waals surface area contributed by atoms with Crippen molar-refractivity contribution >= 4 is 23.4 Å². The summed E-state index contributed by atoms with van der Waals surface area (Å²) in [5, 5.41) is 0. The molecule has 1 aliphatic heterocycles. The Labute approximate surface area is 154 Å². The van der Waals surface area contributed by atoms with E-state index >= 15 is 0 Å². The van der Waals surface area contributed by atoms with Crippen LogP contribution in [0.4, 0.5) is 18.9 Å². The Hall–Kier alpha value is -3.09. The number of esters is 1. The van der Waals surface area contributed by atoms with Gasteiger partial charge in [-0.3, -0.25) is 0 Å². The maximum absolute atomic E-state index is 14.1. The fourth-order valence-electron chi connectivity index (χ4n) is 2.83. The topological polar surface area (TPSA) is 41.9 Å². The highest BCUT2D eigenvalue weighted by Gasteiger charge is 2.66. The normalized spacial score (nSPS) is 19.6. The van der Waals surface area contributed by atoms with Gasteiger partial charge in [0.1, 0.15) is 0 Å². The van der Waals surface area contributed by atoms with Gasteiger partial charge in [-0.05, 0) is 24.6 Å². The van der Waals surface area contributed by atoms with Crippen LogP contribution < -0.4 is 4.90 Å². The van der Waals surface area contributed by atoms with E-state index in [1.54, 1.807) is 48.5 Å². The molecule has 140 valence electrons. The predicted octanol–water partition coefficient (Wildman–Crippen LogP) is 4.44. The lowest BCUT2D eigenvalue weighted by Crippen LogP contribution is -2.63. The monoisotopic (exact) mass is 374 g/mol. The van der Waals surface area contributed by atoms with Gasteiger partial charge in [-0.15, -0.1) is 0 Å². The summed E-state index contributed by atoms with van der Waals surface area (Å²) in [6, 6.07) is 16.7. The van der Waals surface area contributed by atoms with Gasteiger partial charge < -0.3 is 9.64 Å². The largest absolute Gasteiger partial charge is 0.463 e. The smallest absolute Gasteiger partial charge is 0.444 e. The number of hydrogen-bond acceptors (Lipinski definition) is 4. The number of allylic oxidation sites excluding steroid dienone is 1. The molecule has 0 aliphatic carbocycles. The quantitative estimate of drug-likeness (QED) is 0.743. The molecule has 0 amide bonds. The van der Waals surface area contributed by atoms with E-state index in [2.05, 4.69) is 4.99 Å². The molecule has 0 N–H and O–H groups in total. The Kier molecular flexibility index (Phi) is 5.03. The van der Waals surface area contributed by atoms with E-state index in [0.717, 1.165) is 11.1 Å². The van der Waals surface area contributed by atoms with Crippen LogP contribution >= 0.6 is 0 Å². The Balaban J connectivity index is 2.20. The second-order valence-corrected chi connectivity index (χ2v) is 5.80. The van der Waals surface area contributed by atoms with Crippen LogP contribution in [0.5, 0.6) is 0 Å². The first-order valence-corrected chi connectivity index (χ1v) is 8.31. The number of carbonyl (C=O) groups is 1. The molecule has 0 saturated carbocycles. The molecule has 1 aliphatic rings. The van der Waals surface area contributed by atoms with Crippen molar-refractivity contribution in [2.45, 2.75) is 18.8 Å². The molecule has 0 aromatic heterocycles. The molecular weight excluding hydrogens is 357 g/mol.